The Kier molecular flexibility index (Phi) is 10.2. The van der Waals surface area contributed by atoms with Crippen molar-refractivity contribution < 1.29 is 28.8 Å². The number of hydrogen-bond donors (Lipinski definition) is 2. The Balaban J connectivity index is 1.44. The average molecular weight is 498 g/mol. The Morgan fingerprint density at radius 1 is 1.03 bits per heavy atom. The summed E-state index contributed by atoms with van der Waals surface area (Å²) in [7, 11) is 2.97. The van der Waals surface area contributed by atoms with Crippen molar-refractivity contribution in [1.82, 2.24) is 5.32 Å². The first-order valence-corrected chi connectivity index (χ1v) is 12.1. The normalized spacial score (nSPS) is 12.2. The van der Waals surface area contributed by atoms with Gasteiger partial charge in [0.1, 0.15) is 25.1 Å². The molecule has 0 radical (unpaired) electrons. The molecular weight excluding hydrogens is 466 g/mol. The molecule has 3 aromatic rings. The Bertz CT molecular complexity index is 1110. The third-order valence-corrected chi connectivity index (χ3v) is 5.99. The maximum Gasteiger partial charge on any atom is 0.338 e. The van der Waals surface area contributed by atoms with Gasteiger partial charge >= 0.3 is 5.97 Å². The maximum atomic E-state index is 12.3. The standard InChI is InChI=1S/C27H31NO6S/c1-19-8-13-23(35-19)16-24(27(30)32-3)20-9-11-22(12-10-20)34-18-21(29)17-28-14-15-33-26-7-5-4-6-25(26)31-2/h4-13,16,21,28-29H,14-15,17-18H2,1-3H3. The number of aryl methyl sites for hydroxylation is 1. The van der Waals surface area contributed by atoms with Gasteiger partial charge in [-0.25, -0.2) is 4.79 Å². The molecule has 186 valence electrons. The fourth-order valence-electron chi connectivity index (χ4n) is 3.27. The van der Waals surface area contributed by atoms with Crippen LogP contribution in [0.15, 0.2) is 60.7 Å². The number of benzene rings is 2. The number of esters is 1. The van der Waals surface area contributed by atoms with Crippen LogP contribution in [-0.2, 0) is 9.53 Å². The van der Waals surface area contributed by atoms with E-state index < -0.39 is 12.1 Å². The summed E-state index contributed by atoms with van der Waals surface area (Å²) in [5.74, 6) is 1.56. The van der Waals surface area contributed by atoms with Crippen LogP contribution in [0.2, 0.25) is 0 Å². The zero-order chi connectivity index (χ0) is 25.0. The van der Waals surface area contributed by atoms with Crippen LogP contribution in [0.5, 0.6) is 17.2 Å². The number of nitrogens with one attached hydrogen (secondary N) is 1. The predicted molar refractivity (Wildman–Crippen MR) is 138 cm³/mol. The number of rotatable bonds is 13. The van der Waals surface area contributed by atoms with E-state index in [4.69, 9.17) is 18.9 Å². The minimum Gasteiger partial charge on any atom is -0.493 e. The highest BCUT2D eigenvalue weighted by Gasteiger charge is 2.14. The summed E-state index contributed by atoms with van der Waals surface area (Å²) >= 11 is 1.61. The second kappa shape index (κ2) is 13.5. The summed E-state index contributed by atoms with van der Waals surface area (Å²) in [5, 5.41) is 13.3. The van der Waals surface area contributed by atoms with Crippen LogP contribution in [-0.4, -0.2) is 57.7 Å². The molecule has 0 saturated carbocycles. The molecule has 1 unspecified atom stereocenters. The van der Waals surface area contributed by atoms with E-state index in [0.29, 0.717) is 42.5 Å². The van der Waals surface area contributed by atoms with Gasteiger partial charge in [-0.3, -0.25) is 0 Å². The molecule has 1 atom stereocenters. The minimum absolute atomic E-state index is 0.133. The van der Waals surface area contributed by atoms with Crippen molar-refractivity contribution in [2.24, 2.45) is 0 Å². The number of aliphatic hydroxyl groups is 1. The van der Waals surface area contributed by atoms with Gasteiger partial charge in [0.2, 0.25) is 0 Å². The molecule has 0 amide bonds. The van der Waals surface area contributed by atoms with E-state index in [2.05, 4.69) is 5.32 Å². The first-order valence-electron chi connectivity index (χ1n) is 11.2. The van der Waals surface area contributed by atoms with Crippen molar-refractivity contribution in [1.29, 1.82) is 0 Å². The Hall–Kier alpha value is -3.33. The number of thiophene rings is 1. The van der Waals surface area contributed by atoms with Gasteiger partial charge in [0.05, 0.1) is 19.8 Å². The second-order valence-electron chi connectivity index (χ2n) is 7.69. The summed E-state index contributed by atoms with van der Waals surface area (Å²) in [4.78, 5) is 14.5. The van der Waals surface area contributed by atoms with Gasteiger partial charge in [-0.05, 0) is 55.0 Å². The minimum atomic E-state index is -0.687. The number of aliphatic hydroxyl groups excluding tert-OH is 1. The summed E-state index contributed by atoms with van der Waals surface area (Å²) in [6.07, 6.45) is 1.14. The van der Waals surface area contributed by atoms with Gasteiger partial charge in [0, 0.05) is 22.8 Å². The van der Waals surface area contributed by atoms with Crippen molar-refractivity contribution in [2.45, 2.75) is 13.0 Å². The molecular formula is C27H31NO6S. The SMILES string of the molecule is COC(=O)C(=Cc1ccc(C)s1)c1ccc(OCC(O)CNCCOc2ccccc2OC)cc1. The first kappa shape index (κ1) is 26.3. The van der Waals surface area contributed by atoms with Crippen LogP contribution in [0.4, 0.5) is 0 Å². The van der Waals surface area contributed by atoms with E-state index in [1.165, 1.54) is 12.0 Å². The lowest BCUT2D eigenvalue weighted by atomic mass is 10.1. The van der Waals surface area contributed by atoms with Crippen LogP contribution in [0.3, 0.4) is 0 Å². The monoisotopic (exact) mass is 497 g/mol. The second-order valence-corrected chi connectivity index (χ2v) is 9.01. The quantitative estimate of drug-likeness (QED) is 0.208. The molecule has 2 aromatic carbocycles. The van der Waals surface area contributed by atoms with Crippen LogP contribution in [0, 0.1) is 6.92 Å². The van der Waals surface area contributed by atoms with Crippen molar-refractivity contribution in [3.8, 4) is 17.2 Å². The fourth-order valence-corrected chi connectivity index (χ4v) is 4.09. The molecule has 0 aliphatic carbocycles. The number of para-hydroxylation sites is 2. The molecule has 1 aromatic heterocycles. The predicted octanol–water partition coefficient (Wildman–Crippen LogP) is 4.19. The number of carbonyl (C=O) groups is 1. The van der Waals surface area contributed by atoms with E-state index in [9.17, 15) is 9.90 Å². The number of carbonyl (C=O) groups excluding carboxylic acids is 1. The van der Waals surface area contributed by atoms with Crippen LogP contribution in [0.25, 0.3) is 11.6 Å². The van der Waals surface area contributed by atoms with E-state index in [1.807, 2.05) is 49.4 Å². The molecule has 0 aliphatic rings. The molecule has 1 heterocycles. The summed E-state index contributed by atoms with van der Waals surface area (Å²) in [6, 6.07) is 18.6. The van der Waals surface area contributed by atoms with Gasteiger partial charge in [-0.2, -0.15) is 0 Å². The van der Waals surface area contributed by atoms with Gasteiger partial charge in [0.15, 0.2) is 11.5 Å². The first-order chi connectivity index (χ1) is 17.0. The van der Waals surface area contributed by atoms with Crippen LogP contribution in [0.1, 0.15) is 15.3 Å². The molecule has 0 fully saturated rings. The van der Waals surface area contributed by atoms with Crippen LogP contribution >= 0.6 is 11.3 Å². The molecule has 0 spiro atoms. The third-order valence-electron chi connectivity index (χ3n) is 5.05. The Labute approximate surface area is 209 Å². The lowest BCUT2D eigenvalue weighted by Crippen LogP contribution is -2.33. The van der Waals surface area contributed by atoms with Crippen molar-refractivity contribution in [3.63, 3.8) is 0 Å². The van der Waals surface area contributed by atoms with Gasteiger partial charge in [-0.15, -0.1) is 11.3 Å². The lowest BCUT2D eigenvalue weighted by molar-refractivity contribution is -0.133. The molecule has 0 saturated heterocycles. The van der Waals surface area contributed by atoms with E-state index >= 15 is 0 Å². The molecule has 8 heteroatoms. The highest BCUT2D eigenvalue weighted by atomic mass is 32.1. The summed E-state index contributed by atoms with van der Waals surface area (Å²) in [5.41, 5.74) is 1.20. The van der Waals surface area contributed by atoms with Crippen LogP contribution < -0.4 is 19.5 Å². The summed E-state index contributed by atoms with van der Waals surface area (Å²) < 4.78 is 21.6. The molecule has 3 rings (SSSR count). The van der Waals surface area contributed by atoms with Crippen molar-refractivity contribution >= 4 is 29.0 Å². The third kappa shape index (κ3) is 8.13. The molecule has 7 nitrogen and oxygen atoms in total. The van der Waals surface area contributed by atoms with Gasteiger partial charge in [-0.1, -0.05) is 24.3 Å². The zero-order valence-corrected chi connectivity index (χ0v) is 21.0. The average Bonchev–Trinajstić information content (AvgIpc) is 3.30. The smallest absolute Gasteiger partial charge is 0.338 e. The highest BCUT2D eigenvalue weighted by Crippen LogP contribution is 2.26. The fraction of sp³-hybridized carbons (Fsp3) is 0.296. The Morgan fingerprint density at radius 3 is 2.43 bits per heavy atom. The van der Waals surface area contributed by atoms with E-state index in [1.54, 1.807) is 42.7 Å². The number of ether oxygens (including phenoxy) is 4. The highest BCUT2D eigenvalue weighted by molar-refractivity contribution is 7.12. The molecule has 2 N–H and O–H groups in total. The van der Waals surface area contributed by atoms with Gasteiger partial charge in [0.25, 0.3) is 0 Å². The number of methoxy groups -OCH3 is 2. The van der Waals surface area contributed by atoms with Gasteiger partial charge < -0.3 is 29.4 Å². The lowest BCUT2D eigenvalue weighted by Gasteiger charge is -2.14. The van der Waals surface area contributed by atoms with Crippen molar-refractivity contribution in [2.75, 3.05) is 40.5 Å². The maximum absolute atomic E-state index is 12.3. The summed E-state index contributed by atoms with van der Waals surface area (Å²) in [6.45, 7) is 3.52. The largest absolute Gasteiger partial charge is 0.493 e. The van der Waals surface area contributed by atoms with E-state index in [0.717, 1.165) is 10.4 Å². The topological polar surface area (TPSA) is 86.3 Å². The Morgan fingerprint density at radius 2 is 1.77 bits per heavy atom. The number of hydrogen-bond acceptors (Lipinski definition) is 8. The molecule has 0 bridgehead atoms. The molecule has 0 aliphatic heterocycles. The van der Waals surface area contributed by atoms with Crippen molar-refractivity contribution in [3.05, 3.63) is 76.0 Å². The zero-order valence-electron chi connectivity index (χ0n) is 20.2. The van der Waals surface area contributed by atoms with E-state index in [-0.39, 0.29) is 6.61 Å². The molecule has 35 heavy (non-hydrogen) atoms.